The minimum atomic E-state index is -0.988. The van der Waals surface area contributed by atoms with Gasteiger partial charge in [-0.1, -0.05) is 11.6 Å². The average molecular weight is 231 g/mol. The van der Waals surface area contributed by atoms with Crippen LogP contribution in [0.3, 0.4) is 0 Å². The Morgan fingerprint density at radius 1 is 1.40 bits per heavy atom. The zero-order valence-electron chi connectivity index (χ0n) is 8.44. The monoisotopic (exact) mass is 230 g/mol. The maximum atomic E-state index is 9.76. The molecule has 0 saturated carbocycles. The van der Waals surface area contributed by atoms with Crippen LogP contribution < -0.4 is 11.1 Å². The van der Waals surface area contributed by atoms with Crippen LogP contribution in [0.1, 0.15) is 11.7 Å². The molecule has 0 aliphatic heterocycles. The third-order valence-electron chi connectivity index (χ3n) is 2.06. The van der Waals surface area contributed by atoms with Gasteiger partial charge in [-0.2, -0.15) is 0 Å². The molecule has 0 aromatic heterocycles. The minimum Gasteiger partial charge on any atom is -0.399 e. The molecule has 4 nitrogen and oxygen atoms in total. The maximum absolute atomic E-state index is 9.76. The number of halogens is 1. The summed E-state index contributed by atoms with van der Waals surface area (Å²) in [5.74, 6) is 0. The van der Waals surface area contributed by atoms with E-state index >= 15 is 0 Å². The number of nitrogens with one attached hydrogen (secondary N) is 1. The summed E-state index contributed by atoms with van der Waals surface area (Å²) in [6.07, 6.45) is -1.87. The number of anilines is 1. The van der Waals surface area contributed by atoms with E-state index in [1.54, 1.807) is 25.2 Å². The molecular weight excluding hydrogens is 216 g/mol. The van der Waals surface area contributed by atoms with Crippen LogP contribution in [0.4, 0.5) is 5.69 Å². The first kappa shape index (κ1) is 12.3. The van der Waals surface area contributed by atoms with Crippen LogP contribution >= 0.6 is 11.6 Å². The van der Waals surface area contributed by atoms with E-state index in [4.69, 9.17) is 17.3 Å². The molecule has 1 rings (SSSR count). The summed E-state index contributed by atoms with van der Waals surface area (Å²) in [5.41, 5.74) is 6.56. The van der Waals surface area contributed by atoms with Crippen molar-refractivity contribution in [2.45, 2.75) is 12.2 Å². The summed E-state index contributed by atoms with van der Waals surface area (Å²) in [4.78, 5) is 0. The Hall–Kier alpha value is -0.810. The second kappa shape index (κ2) is 5.32. The summed E-state index contributed by atoms with van der Waals surface area (Å²) in [5, 5.41) is 22.5. The van der Waals surface area contributed by atoms with Crippen LogP contribution in [0.2, 0.25) is 5.02 Å². The Morgan fingerprint density at radius 3 is 2.60 bits per heavy atom. The van der Waals surface area contributed by atoms with E-state index in [9.17, 15) is 10.2 Å². The zero-order valence-corrected chi connectivity index (χ0v) is 9.20. The second-order valence-corrected chi connectivity index (χ2v) is 3.82. The highest BCUT2D eigenvalue weighted by atomic mass is 35.5. The summed E-state index contributed by atoms with van der Waals surface area (Å²) < 4.78 is 0. The third-order valence-corrected chi connectivity index (χ3v) is 2.28. The first-order chi connectivity index (χ1) is 7.04. The lowest BCUT2D eigenvalue weighted by Crippen LogP contribution is -2.29. The quantitative estimate of drug-likeness (QED) is 0.570. The summed E-state index contributed by atoms with van der Waals surface area (Å²) >= 11 is 5.79. The lowest BCUT2D eigenvalue weighted by atomic mass is 10.0. The topological polar surface area (TPSA) is 78.5 Å². The Morgan fingerprint density at radius 2 is 2.07 bits per heavy atom. The molecule has 1 aromatic carbocycles. The Labute approximate surface area is 93.7 Å². The first-order valence-electron chi connectivity index (χ1n) is 4.61. The van der Waals surface area contributed by atoms with Crippen molar-refractivity contribution in [1.29, 1.82) is 0 Å². The predicted molar refractivity (Wildman–Crippen MR) is 60.8 cm³/mol. The molecular formula is C10H15ClN2O2. The van der Waals surface area contributed by atoms with Gasteiger partial charge in [-0.3, -0.25) is 0 Å². The molecule has 0 aliphatic rings. The molecule has 0 spiro atoms. The van der Waals surface area contributed by atoms with E-state index in [2.05, 4.69) is 5.32 Å². The van der Waals surface area contributed by atoms with Gasteiger partial charge in [0.2, 0.25) is 0 Å². The SMILES string of the molecule is CNCC(O)C(O)c1cc(N)cc(Cl)c1. The van der Waals surface area contributed by atoms with Gasteiger partial charge < -0.3 is 21.3 Å². The highest BCUT2D eigenvalue weighted by Crippen LogP contribution is 2.23. The first-order valence-corrected chi connectivity index (χ1v) is 4.99. The zero-order chi connectivity index (χ0) is 11.4. The van der Waals surface area contributed by atoms with E-state index in [1.807, 2.05) is 0 Å². The molecule has 15 heavy (non-hydrogen) atoms. The number of hydrogen-bond donors (Lipinski definition) is 4. The largest absolute Gasteiger partial charge is 0.399 e. The van der Waals surface area contributed by atoms with Crippen molar-refractivity contribution < 1.29 is 10.2 Å². The maximum Gasteiger partial charge on any atom is 0.106 e. The second-order valence-electron chi connectivity index (χ2n) is 3.39. The van der Waals surface area contributed by atoms with E-state index in [1.165, 1.54) is 0 Å². The lowest BCUT2D eigenvalue weighted by Gasteiger charge is -2.18. The van der Waals surface area contributed by atoms with Crippen molar-refractivity contribution in [2.75, 3.05) is 19.3 Å². The van der Waals surface area contributed by atoms with Crippen LogP contribution in [-0.4, -0.2) is 29.9 Å². The van der Waals surface area contributed by atoms with Crippen LogP contribution in [-0.2, 0) is 0 Å². The fraction of sp³-hybridized carbons (Fsp3) is 0.400. The molecule has 0 bridgehead atoms. The fourth-order valence-electron chi connectivity index (χ4n) is 1.35. The van der Waals surface area contributed by atoms with Gasteiger partial charge in [0.1, 0.15) is 6.10 Å². The number of nitrogen functional groups attached to an aromatic ring is 1. The third kappa shape index (κ3) is 3.35. The highest BCUT2D eigenvalue weighted by molar-refractivity contribution is 6.30. The van der Waals surface area contributed by atoms with Crippen LogP contribution in [0.15, 0.2) is 18.2 Å². The summed E-state index contributed by atoms with van der Waals surface area (Å²) in [6, 6.07) is 4.76. The molecule has 2 atom stereocenters. The van der Waals surface area contributed by atoms with E-state index in [0.717, 1.165) is 0 Å². The molecule has 0 heterocycles. The molecule has 2 unspecified atom stereocenters. The Balaban J connectivity index is 2.85. The van der Waals surface area contributed by atoms with Gasteiger partial charge in [0.15, 0.2) is 0 Å². The number of nitrogens with two attached hydrogens (primary N) is 1. The number of rotatable bonds is 4. The molecule has 5 heteroatoms. The van der Waals surface area contributed by atoms with Crippen molar-refractivity contribution in [3.63, 3.8) is 0 Å². The number of benzene rings is 1. The van der Waals surface area contributed by atoms with Crippen molar-refractivity contribution in [3.05, 3.63) is 28.8 Å². The van der Waals surface area contributed by atoms with Gasteiger partial charge >= 0.3 is 0 Å². The molecule has 1 aromatic rings. The van der Waals surface area contributed by atoms with Crippen molar-refractivity contribution in [1.82, 2.24) is 5.32 Å². The van der Waals surface area contributed by atoms with Crippen LogP contribution in [0.5, 0.6) is 0 Å². The standard InChI is InChI=1S/C10H15ClN2O2/c1-13-5-9(14)10(15)6-2-7(11)4-8(12)3-6/h2-4,9-10,13-15H,5,12H2,1H3. The lowest BCUT2D eigenvalue weighted by molar-refractivity contribution is 0.0203. The van der Waals surface area contributed by atoms with Gasteiger partial charge in [0.25, 0.3) is 0 Å². The predicted octanol–water partition coefficient (Wildman–Crippen LogP) is 0.536. The molecule has 84 valence electrons. The number of hydrogen-bond acceptors (Lipinski definition) is 4. The van der Waals surface area contributed by atoms with Gasteiger partial charge in [-0.05, 0) is 30.8 Å². The Bertz CT molecular complexity index is 313. The van der Waals surface area contributed by atoms with Gasteiger partial charge in [0.05, 0.1) is 6.10 Å². The van der Waals surface area contributed by atoms with Crippen LogP contribution in [0.25, 0.3) is 0 Å². The van der Waals surface area contributed by atoms with Crippen LogP contribution in [0, 0.1) is 0 Å². The van der Waals surface area contributed by atoms with Gasteiger partial charge in [-0.25, -0.2) is 0 Å². The van der Waals surface area contributed by atoms with Crippen molar-refractivity contribution >= 4 is 17.3 Å². The van der Waals surface area contributed by atoms with Gasteiger partial charge in [0, 0.05) is 17.3 Å². The minimum absolute atomic E-state index is 0.299. The summed E-state index contributed by atoms with van der Waals surface area (Å²) in [7, 11) is 1.70. The van der Waals surface area contributed by atoms with Gasteiger partial charge in [-0.15, -0.1) is 0 Å². The number of likely N-dealkylation sites (N-methyl/N-ethyl adjacent to an activating group) is 1. The van der Waals surface area contributed by atoms with E-state index in [0.29, 0.717) is 22.8 Å². The smallest absolute Gasteiger partial charge is 0.106 e. The molecule has 5 N–H and O–H groups in total. The summed E-state index contributed by atoms with van der Waals surface area (Å²) in [6.45, 7) is 0.299. The highest BCUT2D eigenvalue weighted by Gasteiger charge is 2.18. The van der Waals surface area contributed by atoms with Crippen molar-refractivity contribution in [2.24, 2.45) is 0 Å². The molecule has 0 aliphatic carbocycles. The van der Waals surface area contributed by atoms with Crippen molar-refractivity contribution in [3.8, 4) is 0 Å². The molecule has 0 fully saturated rings. The Kier molecular flexibility index (Phi) is 4.35. The van der Waals surface area contributed by atoms with E-state index in [-0.39, 0.29) is 0 Å². The number of aliphatic hydroxyl groups is 2. The average Bonchev–Trinajstić information content (AvgIpc) is 2.15. The molecule has 0 amide bonds. The molecule has 0 radical (unpaired) electrons. The molecule has 0 saturated heterocycles. The van der Waals surface area contributed by atoms with E-state index < -0.39 is 12.2 Å². The number of aliphatic hydroxyl groups excluding tert-OH is 2. The normalized spacial score (nSPS) is 14.9. The fourth-order valence-corrected chi connectivity index (χ4v) is 1.60.